The van der Waals surface area contributed by atoms with Crippen LogP contribution in [0.3, 0.4) is 0 Å². The van der Waals surface area contributed by atoms with E-state index in [1.165, 1.54) is 11.3 Å². The van der Waals surface area contributed by atoms with Gasteiger partial charge in [0.15, 0.2) is 5.96 Å². The van der Waals surface area contributed by atoms with E-state index in [1.54, 1.807) is 0 Å². The number of fused-ring (bicyclic) bond motifs is 1. The van der Waals surface area contributed by atoms with E-state index in [9.17, 15) is 0 Å². The molecule has 1 aromatic carbocycles. The van der Waals surface area contributed by atoms with Gasteiger partial charge >= 0.3 is 0 Å². The molecule has 2 aliphatic rings. The highest BCUT2D eigenvalue weighted by atomic mass is 127. The average molecular weight is 459 g/mol. The third-order valence-electron chi connectivity index (χ3n) is 4.56. The molecule has 0 spiro atoms. The Hall–Kier alpha value is -0.860. The Morgan fingerprint density at radius 1 is 1.32 bits per heavy atom. The molecule has 0 amide bonds. The largest absolute Gasteiger partial charge is 0.381 e. The average Bonchev–Trinajstić information content (AvgIpc) is 3.05. The number of aliphatic imine (C=N–C) groups is 1. The van der Waals surface area contributed by atoms with Crippen molar-refractivity contribution in [2.75, 3.05) is 44.4 Å². The lowest BCUT2D eigenvalue weighted by molar-refractivity contribution is -0.0318. The molecule has 1 saturated heterocycles. The predicted molar refractivity (Wildman–Crippen MR) is 113 cm³/mol. The van der Waals surface area contributed by atoms with E-state index in [2.05, 4.69) is 41.4 Å². The lowest BCUT2D eigenvalue weighted by atomic mass is 10.1. The second kappa shape index (κ2) is 11.0. The van der Waals surface area contributed by atoms with Crippen molar-refractivity contribution in [3.05, 3.63) is 29.8 Å². The summed E-state index contributed by atoms with van der Waals surface area (Å²) in [5, 5.41) is 3.42. The normalized spacial score (nSPS) is 18.0. The van der Waals surface area contributed by atoms with Crippen molar-refractivity contribution in [3.63, 3.8) is 0 Å². The van der Waals surface area contributed by atoms with Crippen molar-refractivity contribution in [1.29, 1.82) is 0 Å². The quantitative estimate of drug-likeness (QED) is 0.307. The zero-order valence-corrected chi connectivity index (χ0v) is 17.4. The molecule has 2 heterocycles. The van der Waals surface area contributed by atoms with Crippen LogP contribution in [0.2, 0.25) is 0 Å². The van der Waals surface area contributed by atoms with Gasteiger partial charge in [0.05, 0.1) is 6.10 Å². The third-order valence-corrected chi connectivity index (χ3v) is 4.56. The van der Waals surface area contributed by atoms with Crippen molar-refractivity contribution >= 4 is 35.6 Å². The number of halogens is 1. The highest BCUT2D eigenvalue weighted by molar-refractivity contribution is 14.0. The van der Waals surface area contributed by atoms with Gasteiger partial charge in [0.25, 0.3) is 0 Å². The van der Waals surface area contributed by atoms with E-state index < -0.39 is 0 Å². The summed E-state index contributed by atoms with van der Waals surface area (Å²) in [7, 11) is 0. The number of ether oxygens (including phenoxy) is 2. The first-order chi connectivity index (χ1) is 11.9. The summed E-state index contributed by atoms with van der Waals surface area (Å²) < 4.78 is 11.3. The lowest BCUT2D eigenvalue weighted by Gasteiger charge is -2.23. The maximum atomic E-state index is 5.92. The highest BCUT2D eigenvalue weighted by Crippen LogP contribution is 2.27. The van der Waals surface area contributed by atoms with Gasteiger partial charge in [0, 0.05) is 45.1 Å². The first-order valence-electron chi connectivity index (χ1n) is 9.21. The second-order valence-corrected chi connectivity index (χ2v) is 6.30. The van der Waals surface area contributed by atoms with Crippen LogP contribution in [0.25, 0.3) is 0 Å². The van der Waals surface area contributed by atoms with E-state index in [0.29, 0.717) is 6.10 Å². The molecule has 0 saturated carbocycles. The van der Waals surface area contributed by atoms with Crippen molar-refractivity contribution in [2.45, 2.75) is 38.7 Å². The summed E-state index contributed by atoms with van der Waals surface area (Å²) >= 11 is 0. The van der Waals surface area contributed by atoms with E-state index in [0.717, 1.165) is 71.1 Å². The summed E-state index contributed by atoms with van der Waals surface area (Å²) in [4.78, 5) is 7.11. The lowest BCUT2D eigenvalue weighted by Crippen LogP contribution is -2.40. The van der Waals surface area contributed by atoms with Crippen LogP contribution in [0.5, 0.6) is 0 Å². The van der Waals surface area contributed by atoms with Gasteiger partial charge in [-0.05, 0) is 44.2 Å². The molecule has 6 heteroatoms. The number of anilines is 1. The van der Waals surface area contributed by atoms with Crippen LogP contribution in [0, 0.1) is 0 Å². The number of nitrogens with one attached hydrogen (secondary N) is 1. The molecule has 0 aliphatic carbocycles. The number of benzene rings is 1. The summed E-state index contributed by atoms with van der Waals surface area (Å²) in [6, 6.07) is 8.60. The topological polar surface area (TPSA) is 46.1 Å². The predicted octanol–water partition coefficient (Wildman–Crippen LogP) is 3.22. The molecule has 5 nitrogen and oxygen atoms in total. The number of hydrogen-bond acceptors (Lipinski definition) is 3. The number of nitrogens with zero attached hydrogens (tertiary/aromatic N) is 2. The zero-order valence-electron chi connectivity index (χ0n) is 15.1. The molecule has 140 valence electrons. The fraction of sp³-hybridized carbons (Fsp3) is 0.632. The van der Waals surface area contributed by atoms with Gasteiger partial charge in [-0.3, -0.25) is 4.99 Å². The molecular formula is C19H30IN3O2. The van der Waals surface area contributed by atoms with Crippen molar-refractivity contribution in [3.8, 4) is 0 Å². The van der Waals surface area contributed by atoms with Crippen LogP contribution < -0.4 is 10.2 Å². The Balaban J connectivity index is 0.00000225. The van der Waals surface area contributed by atoms with Crippen LogP contribution in [0.4, 0.5) is 5.69 Å². The van der Waals surface area contributed by atoms with Gasteiger partial charge in [0.2, 0.25) is 0 Å². The molecule has 0 radical (unpaired) electrons. The maximum Gasteiger partial charge on any atom is 0.198 e. The smallest absolute Gasteiger partial charge is 0.198 e. The molecule has 25 heavy (non-hydrogen) atoms. The molecule has 1 fully saturated rings. The fourth-order valence-electron chi connectivity index (χ4n) is 3.30. The number of rotatable bonds is 6. The minimum absolute atomic E-state index is 0. The summed E-state index contributed by atoms with van der Waals surface area (Å²) in [5.41, 5.74) is 2.70. The van der Waals surface area contributed by atoms with Gasteiger partial charge in [-0.2, -0.15) is 0 Å². The molecular weight excluding hydrogens is 429 g/mol. The Morgan fingerprint density at radius 3 is 2.92 bits per heavy atom. The molecule has 0 atom stereocenters. The van der Waals surface area contributed by atoms with Gasteiger partial charge in [-0.25, -0.2) is 0 Å². The molecule has 2 aliphatic heterocycles. The Kier molecular flexibility index (Phi) is 8.98. The summed E-state index contributed by atoms with van der Waals surface area (Å²) in [6.07, 6.45) is 4.48. The number of guanidine groups is 1. The molecule has 0 unspecified atom stereocenters. The third kappa shape index (κ3) is 5.82. The van der Waals surface area contributed by atoms with Gasteiger partial charge in [0.1, 0.15) is 0 Å². The van der Waals surface area contributed by atoms with Crippen LogP contribution >= 0.6 is 24.0 Å². The van der Waals surface area contributed by atoms with E-state index >= 15 is 0 Å². The minimum Gasteiger partial charge on any atom is -0.381 e. The second-order valence-electron chi connectivity index (χ2n) is 6.30. The summed E-state index contributed by atoms with van der Waals surface area (Å²) in [5.74, 6) is 0.994. The monoisotopic (exact) mass is 459 g/mol. The van der Waals surface area contributed by atoms with Crippen LogP contribution in [0.1, 0.15) is 31.7 Å². The molecule has 3 rings (SSSR count). The van der Waals surface area contributed by atoms with Crippen molar-refractivity contribution < 1.29 is 9.47 Å². The SMILES string of the molecule is CCNC(=NCCCOC1CCOCC1)N1CCc2ccccc21.I. The molecule has 1 aromatic rings. The number of para-hydroxylation sites is 1. The first kappa shape index (κ1) is 20.5. The van der Waals surface area contributed by atoms with Gasteiger partial charge in [-0.15, -0.1) is 24.0 Å². The van der Waals surface area contributed by atoms with E-state index in [-0.39, 0.29) is 24.0 Å². The van der Waals surface area contributed by atoms with Crippen LogP contribution in [-0.4, -0.2) is 51.5 Å². The van der Waals surface area contributed by atoms with Gasteiger partial charge in [-0.1, -0.05) is 18.2 Å². The fourth-order valence-corrected chi connectivity index (χ4v) is 3.30. The molecule has 0 aromatic heterocycles. The molecule has 1 N–H and O–H groups in total. The Bertz CT molecular complexity index is 547. The minimum atomic E-state index is 0. The first-order valence-corrected chi connectivity index (χ1v) is 9.21. The highest BCUT2D eigenvalue weighted by Gasteiger charge is 2.22. The van der Waals surface area contributed by atoms with Crippen LogP contribution in [-0.2, 0) is 15.9 Å². The maximum absolute atomic E-state index is 5.92. The van der Waals surface area contributed by atoms with E-state index in [1.807, 2.05) is 0 Å². The van der Waals surface area contributed by atoms with E-state index in [4.69, 9.17) is 14.5 Å². The molecule has 0 bridgehead atoms. The Labute approximate surface area is 168 Å². The Morgan fingerprint density at radius 2 is 2.12 bits per heavy atom. The summed E-state index contributed by atoms with van der Waals surface area (Å²) in [6.45, 7) is 7.25. The number of hydrogen-bond donors (Lipinski definition) is 1. The van der Waals surface area contributed by atoms with Crippen LogP contribution in [0.15, 0.2) is 29.3 Å². The standard InChI is InChI=1S/C19H29N3O2.HI/c1-2-20-19(22-12-8-16-6-3-4-7-18(16)22)21-11-5-13-24-17-9-14-23-15-10-17;/h3-4,6-7,17H,2,5,8-15H2,1H3,(H,20,21);1H. The van der Waals surface area contributed by atoms with Gasteiger partial charge < -0.3 is 19.7 Å². The zero-order chi connectivity index (χ0) is 16.6. The van der Waals surface area contributed by atoms with Crippen molar-refractivity contribution in [2.24, 2.45) is 4.99 Å². The van der Waals surface area contributed by atoms with Crippen molar-refractivity contribution in [1.82, 2.24) is 5.32 Å².